The number of carbonyl (C=O) groups is 2. The number of anilines is 1. The number of aromatic nitrogens is 3. The lowest BCUT2D eigenvalue weighted by Gasteiger charge is -2.14. The molecule has 11 heteroatoms. The van der Waals surface area contributed by atoms with Gasteiger partial charge in [-0.25, -0.2) is 8.78 Å². The maximum Gasteiger partial charge on any atom is 0.252 e. The summed E-state index contributed by atoms with van der Waals surface area (Å²) in [6.45, 7) is 3.65. The standard InChI is InChI=1S/C21H20BrF2N5O2S/c1-11-6-4-5-7-14(11)20(31)25-12(2)19-27-28-21(29(19)3)32-10-17(30)26-18-15(22)8-13(23)9-16(18)24/h4-9,12H,10H2,1-3H3,(H,25,31)(H,26,30)/t12-/m1/s1. The monoisotopic (exact) mass is 523 g/mol. The van der Waals surface area contributed by atoms with Gasteiger partial charge >= 0.3 is 0 Å². The van der Waals surface area contributed by atoms with Crippen molar-refractivity contribution in [3.63, 3.8) is 0 Å². The summed E-state index contributed by atoms with van der Waals surface area (Å²) in [6.07, 6.45) is 0. The Morgan fingerprint density at radius 3 is 2.62 bits per heavy atom. The summed E-state index contributed by atoms with van der Waals surface area (Å²) in [5.41, 5.74) is 1.30. The van der Waals surface area contributed by atoms with Crippen molar-refractivity contribution < 1.29 is 18.4 Å². The molecule has 0 aliphatic carbocycles. The molecule has 32 heavy (non-hydrogen) atoms. The number of rotatable bonds is 7. The Labute approximate surface area is 196 Å². The number of nitrogens with zero attached hydrogens (tertiary/aromatic N) is 3. The average molecular weight is 524 g/mol. The van der Waals surface area contributed by atoms with Crippen molar-refractivity contribution in [1.29, 1.82) is 0 Å². The summed E-state index contributed by atoms with van der Waals surface area (Å²) >= 11 is 4.13. The van der Waals surface area contributed by atoms with Crippen LogP contribution < -0.4 is 10.6 Å². The summed E-state index contributed by atoms with van der Waals surface area (Å²) in [5.74, 6) is -1.90. The highest BCUT2D eigenvalue weighted by Gasteiger charge is 2.20. The maximum atomic E-state index is 13.9. The summed E-state index contributed by atoms with van der Waals surface area (Å²) in [5, 5.41) is 13.9. The van der Waals surface area contributed by atoms with Crippen LogP contribution in [0.1, 0.15) is 34.7 Å². The van der Waals surface area contributed by atoms with E-state index in [2.05, 4.69) is 36.8 Å². The van der Waals surface area contributed by atoms with E-state index in [9.17, 15) is 18.4 Å². The first-order chi connectivity index (χ1) is 15.2. The van der Waals surface area contributed by atoms with Crippen LogP contribution in [0, 0.1) is 18.6 Å². The molecular weight excluding hydrogens is 504 g/mol. The Bertz CT molecular complexity index is 1150. The molecule has 168 valence electrons. The molecule has 0 unspecified atom stereocenters. The molecule has 2 N–H and O–H groups in total. The lowest BCUT2D eigenvalue weighted by atomic mass is 10.1. The molecule has 3 aromatic rings. The van der Waals surface area contributed by atoms with Gasteiger partial charge in [0.25, 0.3) is 5.91 Å². The first-order valence-corrected chi connectivity index (χ1v) is 11.3. The molecule has 0 fully saturated rings. The Morgan fingerprint density at radius 1 is 1.22 bits per heavy atom. The third kappa shape index (κ3) is 5.52. The molecule has 1 heterocycles. The van der Waals surface area contributed by atoms with Crippen LogP contribution in [0.25, 0.3) is 0 Å². The van der Waals surface area contributed by atoms with Crippen LogP contribution in [0.4, 0.5) is 14.5 Å². The summed E-state index contributed by atoms with van der Waals surface area (Å²) in [7, 11) is 1.72. The van der Waals surface area contributed by atoms with Crippen molar-refractivity contribution in [1.82, 2.24) is 20.1 Å². The van der Waals surface area contributed by atoms with Crippen LogP contribution in [0.3, 0.4) is 0 Å². The van der Waals surface area contributed by atoms with Gasteiger partial charge in [-0.3, -0.25) is 9.59 Å². The quantitative estimate of drug-likeness (QED) is 0.448. The molecule has 7 nitrogen and oxygen atoms in total. The summed E-state index contributed by atoms with van der Waals surface area (Å²) in [6, 6.07) is 8.59. The molecular formula is C21H20BrF2N5O2S. The number of aryl methyl sites for hydroxylation is 1. The topological polar surface area (TPSA) is 88.9 Å². The number of hydrogen-bond acceptors (Lipinski definition) is 5. The van der Waals surface area contributed by atoms with Gasteiger partial charge in [-0.2, -0.15) is 0 Å². The Balaban J connectivity index is 1.61. The number of hydrogen-bond donors (Lipinski definition) is 2. The number of thioether (sulfide) groups is 1. The first-order valence-electron chi connectivity index (χ1n) is 9.50. The van der Waals surface area contributed by atoms with Gasteiger partial charge in [-0.05, 0) is 47.5 Å². The highest BCUT2D eigenvalue weighted by Crippen LogP contribution is 2.27. The smallest absolute Gasteiger partial charge is 0.252 e. The molecule has 0 radical (unpaired) electrons. The molecule has 1 atom stereocenters. The van der Waals surface area contributed by atoms with Gasteiger partial charge < -0.3 is 15.2 Å². The molecule has 3 rings (SSSR count). The molecule has 0 aliphatic rings. The van der Waals surface area contributed by atoms with E-state index in [1.807, 2.05) is 19.1 Å². The van der Waals surface area contributed by atoms with Crippen molar-refractivity contribution in [2.75, 3.05) is 11.1 Å². The minimum atomic E-state index is -0.880. The predicted octanol–water partition coefficient (Wildman–Crippen LogP) is 4.39. The van der Waals surface area contributed by atoms with Crippen molar-refractivity contribution in [2.24, 2.45) is 7.05 Å². The lowest BCUT2D eigenvalue weighted by molar-refractivity contribution is -0.113. The number of carbonyl (C=O) groups excluding carboxylic acids is 2. The molecule has 0 saturated heterocycles. The van der Waals surface area contributed by atoms with Crippen molar-refractivity contribution in [2.45, 2.75) is 25.0 Å². The summed E-state index contributed by atoms with van der Waals surface area (Å²) < 4.78 is 28.9. The van der Waals surface area contributed by atoms with Gasteiger partial charge in [0.1, 0.15) is 5.82 Å². The SMILES string of the molecule is Cc1ccccc1C(=O)N[C@H](C)c1nnc(SCC(=O)Nc2c(F)cc(F)cc2Br)n1C. The van der Waals surface area contributed by atoms with Crippen LogP contribution in [0.15, 0.2) is 46.0 Å². The van der Waals surface area contributed by atoms with Crippen molar-refractivity contribution >= 4 is 45.2 Å². The lowest BCUT2D eigenvalue weighted by Crippen LogP contribution is -2.29. The predicted molar refractivity (Wildman–Crippen MR) is 121 cm³/mol. The van der Waals surface area contributed by atoms with E-state index in [-0.39, 0.29) is 21.8 Å². The molecule has 1 aromatic heterocycles. The third-order valence-electron chi connectivity index (χ3n) is 4.60. The fourth-order valence-corrected chi connectivity index (χ4v) is 4.19. The number of amides is 2. The minimum Gasteiger partial charge on any atom is -0.342 e. The van der Waals surface area contributed by atoms with E-state index in [1.54, 1.807) is 30.7 Å². The second kappa shape index (κ2) is 10.2. The van der Waals surface area contributed by atoms with Gasteiger partial charge in [0.15, 0.2) is 16.8 Å². The largest absolute Gasteiger partial charge is 0.342 e. The van der Waals surface area contributed by atoms with Crippen LogP contribution in [0.5, 0.6) is 0 Å². The van der Waals surface area contributed by atoms with Crippen molar-refractivity contribution in [3.8, 4) is 0 Å². The van der Waals surface area contributed by atoms with E-state index in [1.165, 1.54) is 0 Å². The number of nitrogens with one attached hydrogen (secondary N) is 2. The van der Waals surface area contributed by atoms with Gasteiger partial charge in [0.2, 0.25) is 5.91 Å². The zero-order valence-electron chi connectivity index (χ0n) is 17.4. The van der Waals surface area contributed by atoms with Crippen molar-refractivity contribution in [3.05, 3.63) is 69.5 Å². The van der Waals surface area contributed by atoms with E-state index >= 15 is 0 Å². The molecule has 0 saturated carbocycles. The Kier molecular flexibility index (Phi) is 7.62. The molecule has 0 spiro atoms. The van der Waals surface area contributed by atoms with E-state index < -0.39 is 23.6 Å². The maximum absolute atomic E-state index is 13.9. The summed E-state index contributed by atoms with van der Waals surface area (Å²) in [4.78, 5) is 24.8. The fraction of sp³-hybridized carbons (Fsp3) is 0.238. The van der Waals surface area contributed by atoms with Gasteiger partial charge in [-0.15, -0.1) is 10.2 Å². The highest BCUT2D eigenvalue weighted by atomic mass is 79.9. The zero-order valence-corrected chi connectivity index (χ0v) is 19.9. The second-order valence-corrected chi connectivity index (χ2v) is 8.79. The Morgan fingerprint density at radius 2 is 1.94 bits per heavy atom. The van der Waals surface area contributed by atoms with Crippen LogP contribution in [0.2, 0.25) is 0 Å². The highest BCUT2D eigenvalue weighted by molar-refractivity contribution is 9.10. The third-order valence-corrected chi connectivity index (χ3v) is 6.24. The molecule has 0 bridgehead atoms. The molecule has 2 aromatic carbocycles. The first kappa shape index (κ1) is 23.9. The van der Waals surface area contributed by atoms with Crippen LogP contribution in [-0.4, -0.2) is 32.3 Å². The second-order valence-electron chi connectivity index (χ2n) is 6.99. The normalized spacial score (nSPS) is 11.8. The zero-order chi connectivity index (χ0) is 23.4. The van der Waals surface area contributed by atoms with Gasteiger partial charge in [-0.1, -0.05) is 30.0 Å². The number of halogens is 3. The fourth-order valence-electron chi connectivity index (χ4n) is 2.96. The number of benzene rings is 2. The minimum absolute atomic E-state index is 0.0703. The van der Waals surface area contributed by atoms with Crippen LogP contribution >= 0.6 is 27.7 Å². The molecule has 2 amide bonds. The Hall–Kier alpha value is -2.79. The van der Waals surface area contributed by atoms with E-state index in [0.717, 1.165) is 23.4 Å². The van der Waals surface area contributed by atoms with Gasteiger partial charge in [0.05, 0.1) is 17.5 Å². The van der Waals surface area contributed by atoms with E-state index in [0.29, 0.717) is 22.6 Å². The van der Waals surface area contributed by atoms with Crippen LogP contribution in [-0.2, 0) is 11.8 Å². The average Bonchev–Trinajstić information content (AvgIpc) is 3.09. The van der Waals surface area contributed by atoms with Gasteiger partial charge in [0, 0.05) is 23.2 Å². The molecule has 0 aliphatic heterocycles. The van der Waals surface area contributed by atoms with E-state index in [4.69, 9.17) is 0 Å².